The normalized spacial score (nSPS) is 11.8. The fourth-order valence-electron chi connectivity index (χ4n) is 9.88. The van der Waals surface area contributed by atoms with Gasteiger partial charge in [-0.1, -0.05) is 146 Å². The number of hydrogen-bond acceptors (Lipinski definition) is 2. The Morgan fingerprint density at radius 3 is 1.21 bits per heavy atom. The monoisotopic (exact) mass is 803 g/mol. The molecule has 13 aromatic rings. The van der Waals surface area contributed by atoms with Crippen LogP contribution in [-0.2, 0) is 0 Å². The van der Waals surface area contributed by atoms with Gasteiger partial charge in [0.15, 0.2) is 0 Å². The first-order valence-electron chi connectivity index (χ1n) is 21.4. The fourth-order valence-corrected chi connectivity index (χ4v) is 9.88. The van der Waals surface area contributed by atoms with Gasteiger partial charge in [0.25, 0.3) is 0 Å². The third-order valence-electron chi connectivity index (χ3n) is 12.7. The SMILES string of the molecule is c1ccc(-c2cc(-c3ccccc3)nc(-n3c4ccccc4c4cc(-c5ccc6c(c5)c5c7c8ccccc8n(-c8ccccc8)c7ccc5n6-c5ccccc5)ccc43)n2)cc1. The van der Waals surface area contributed by atoms with E-state index in [1.807, 2.05) is 12.1 Å². The molecule has 0 aliphatic carbocycles. The topological polar surface area (TPSA) is 40.6 Å². The zero-order valence-corrected chi connectivity index (χ0v) is 34.1. The molecule has 9 aromatic carbocycles. The van der Waals surface area contributed by atoms with Gasteiger partial charge in [0, 0.05) is 54.8 Å². The van der Waals surface area contributed by atoms with Crippen LogP contribution in [0.15, 0.2) is 224 Å². The van der Waals surface area contributed by atoms with Crippen LogP contribution in [0.3, 0.4) is 0 Å². The minimum absolute atomic E-state index is 0.642. The molecule has 0 saturated carbocycles. The fraction of sp³-hybridized carbons (Fsp3) is 0. The Kier molecular flexibility index (Phi) is 7.84. The Morgan fingerprint density at radius 2 is 0.651 bits per heavy atom. The highest BCUT2D eigenvalue weighted by Crippen LogP contribution is 2.44. The third kappa shape index (κ3) is 5.50. The molecule has 294 valence electrons. The van der Waals surface area contributed by atoms with E-state index in [0.717, 1.165) is 66.8 Å². The number of fused-ring (bicyclic) bond motifs is 10. The highest BCUT2D eigenvalue weighted by Gasteiger charge is 2.22. The molecule has 0 radical (unpaired) electrons. The maximum atomic E-state index is 5.26. The van der Waals surface area contributed by atoms with Crippen LogP contribution in [0.2, 0.25) is 0 Å². The van der Waals surface area contributed by atoms with E-state index in [1.165, 1.54) is 43.6 Å². The molecule has 13 rings (SSSR count). The molecule has 0 spiro atoms. The van der Waals surface area contributed by atoms with Crippen molar-refractivity contribution in [2.75, 3.05) is 0 Å². The number of rotatable bonds is 6. The molecule has 0 atom stereocenters. The average Bonchev–Trinajstić information content (AvgIpc) is 4.00. The molecule has 0 N–H and O–H groups in total. The molecule has 5 nitrogen and oxygen atoms in total. The highest BCUT2D eigenvalue weighted by atomic mass is 15.2. The minimum Gasteiger partial charge on any atom is -0.309 e. The van der Waals surface area contributed by atoms with Crippen LogP contribution in [0.25, 0.3) is 116 Å². The van der Waals surface area contributed by atoms with Crippen molar-refractivity contribution >= 4 is 65.4 Å². The largest absolute Gasteiger partial charge is 0.309 e. The summed E-state index contributed by atoms with van der Waals surface area (Å²) >= 11 is 0. The number of hydrogen-bond donors (Lipinski definition) is 0. The van der Waals surface area contributed by atoms with Gasteiger partial charge >= 0.3 is 0 Å². The lowest BCUT2D eigenvalue weighted by Gasteiger charge is -2.12. The summed E-state index contributed by atoms with van der Waals surface area (Å²) in [6.07, 6.45) is 0. The third-order valence-corrected chi connectivity index (χ3v) is 12.7. The first kappa shape index (κ1) is 35.2. The molecule has 4 heterocycles. The van der Waals surface area contributed by atoms with Crippen LogP contribution in [0.1, 0.15) is 0 Å². The second-order valence-corrected chi connectivity index (χ2v) is 16.2. The molecule has 63 heavy (non-hydrogen) atoms. The Bertz CT molecular complexity index is 3820. The van der Waals surface area contributed by atoms with Gasteiger partial charge < -0.3 is 9.13 Å². The summed E-state index contributed by atoms with van der Waals surface area (Å²) in [5.74, 6) is 0.642. The second kappa shape index (κ2) is 14.0. The minimum atomic E-state index is 0.642. The van der Waals surface area contributed by atoms with Crippen LogP contribution in [0.5, 0.6) is 0 Å². The summed E-state index contributed by atoms with van der Waals surface area (Å²) in [6.45, 7) is 0. The molecule has 0 fully saturated rings. The standard InChI is InChI=1S/C58H37N5/c1-5-17-38(18-6-1)48-37-49(39-19-7-2-8-20-39)60-58(59-48)63-50-27-15-13-25-44(50)46-35-40(29-31-52(46)63)41-30-32-53-47(36-41)57-55(62(53)43-23-11-4-12-24-43)34-33-54-56(57)45-26-14-16-28-51(45)61(54)42-21-9-3-10-22-42/h1-37H. The van der Waals surface area contributed by atoms with Crippen molar-refractivity contribution in [2.45, 2.75) is 0 Å². The summed E-state index contributed by atoms with van der Waals surface area (Å²) in [4.78, 5) is 10.5. The van der Waals surface area contributed by atoms with Crippen LogP contribution in [0, 0.1) is 0 Å². The van der Waals surface area contributed by atoms with Crippen molar-refractivity contribution in [1.29, 1.82) is 0 Å². The summed E-state index contributed by atoms with van der Waals surface area (Å²) in [5, 5.41) is 7.27. The van der Waals surface area contributed by atoms with Gasteiger partial charge in [0.1, 0.15) is 0 Å². The molecule has 5 heteroatoms. The van der Waals surface area contributed by atoms with E-state index in [1.54, 1.807) is 0 Å². The van der Waals surface area contributed by atoms with Crippen LogP contribution in [0.4, 0.5) is 0 Å². The molecule has 0 saturated heterocycles. The van der Waals surface area contributed by atoms with E-state index in [2.05, 4.69) is 226 Å². The van der Waals surface area contributed by atoms with E-state index in [-0.39, 0.29) is 0 Å². The summed E-state index contributed by atoms with van der Waals surface area (Å²) < 4.78 is 7.06. The molecular weight excluding hydrogens is 767 g/mol. The number of benzene rings is 9. The van der Waals surface area contributed by atoms with Crippen molar-refractivity contribution in [3.63, 3.8) is 0 Å². The maximum Gasteiger partial charge on any atom is 0.235 e. The van der Waals surface area contributed by atoms with E-state index in [9.17, 15) is 0 Å². The van der Waals surface area contributed by atoms with Crippen molar-refractivity contribution in [2.24, 2.45) is 0 Å². The van der Waals surface area contributed by atoms with Crippen LogP contribution < -0.4 is 0 Å². The van der Waals surface area contributed by atoms with Gasteiger partial charge in [-0.05, 0) is 90.0 Å². The van der Waals surface area contributed by atoms with Gasteiger partial charge in [-0.2, -0.15) is 0 Å². The molecule has 0 aliphatic rings. The predicted molar refractivity (Wildman–Crippen MR) is 261 cm³/mol. The molecule has 0 bridgehead atoms. The van der Waals surface area contributed by atoms with Crippen molar-refractivity contribution in [3.8, 4) is 51.0 Å². The van der Waals surface area contributed by atoms with Gasteiger partial charge in [0.2, 0.25) is 5.95 Å². The quantitative estimate of drug-likeness (QED) is 0.168. The van der Waals surface area contributed by atoms with Crippen molar-refractivity contribution in [3.05, 3.63) is 224 Å². The summed E-state index contributed by atoms with van der Waals surface area (Å²) in [5.41, 5.74) is 15.3. The van der Waals surface area contributed by atoms with Gasteiger partial charge in [-0.15, -0.1) is 0 Å². The smallest absolute Gasteiger partial charge is 0.235 e. The van der Waals surface area contributed by atoms with E-state index in [0.29, 0.717) is 5.95 Å². The molecule has 0 unspecified atom stereocenters. The summed E-state index contributed by atoms with van der Waals surface area (Å²) in [7, 11) is 0. The van der Waals surface area contributed by atoms with Crippen LogP contribution in [-0.4, -0.2) is 23.7 Å². The molecular formula is C58H37N5. The lowest BCUT2D eigenvalue weighted by Crippen LogP contribution is -2.03. The molecule has 0 aliphatic heterocycles. The van der Waals surface area contributed by atoms with Gasteiger partial charge in [-0.25, -0.2) is 9.97 Å². The number of aromatic nitrogens is 5. The highest BCUT2D eigenvalue weighted by molar-refractivity contribution is 6.29. The van der Waals surface area contributed by atoms with Crippen molar-refractivity contribution < 1.29 is 0 Å². The molecule has 0 amide bonds. The Balaban J connectivity index is 1.05. The van der Waals surface area contributed by atoms with E-state index in [4.69, 9.17) is 9.97 Å². The van der Waals surface area contributed by atoms with Gasteiger partial charge in [-0.3, -0.25) is 4.57 Å². The zero-order chi connectivity index (χ0) is 41.4. The summed E-state index contributed by atoms with van der Waals surface area (Å²) in [6, 6.07) is 80.2. The lowest BCUT2D eigenvalue weighted by molar-refractivity contribution is 0.995. The Hall–Kier alpha value is -8.54. The number of nitrogens with zero attached hydrogens (tertiary/aromatic N) is 5. The van der Waals surface area contributed by atoms with Crippen LogP contribution >= 0.6 is 0 Å². The van der Waals surface area contributed by atoms with Crippen molar-refractivity contribution in [1.82, 2.24) is 23.7 Å². The first-order chi connectivity index (χ1) is 31.3. The maximum absolute atomic E-state index is 5.26. The van der Waals surface area contributed by atoms with Gasteiger partial charge in [0.05, 0.1) is 44.5 Å². The second-order valence-electron chi connectivity index (χ2n) is 16.2. The Morgan fingerprint density at radius 1 is 0.254 bits per heavy atom. The molecule has 4 aromatic heterocycles. The first-order valence-corrected chi connectivity index (χ1v) is 21.4. The predicted octanol–water partition coefficient (Wildman–Crippen LogP) is 14.8. The average molecular weight is 804 g/mol. The van der Waals surface area contributed by atoms with E-state index >= 15 is 0 Å². The Labute approximate surface area is 363 Å². The number of para-hydroxylation sites is 4. The van der Waals surface area contributed by atoms with E-state index < -0.39 is 0 Å². The lowest BCUT2D eigenvalue weighted by atomic mass is 9.99. The zero-order valence-electron chi connectivity index (χ0n) is 34.1.